The van der Waals surface area contributed by atoms with E-state index in [4.69, 9.17) is 0 Å². The van der Waals surface area contributed by atoms with E-state index in [0.717, 1.165) is 25.9 Å². The van der Waals surface area contributed by atoms with Gasteiger partial charge in [-0.3, -0.25) is 4.79 Å². The van der Waals surface area contributed by atoms with Crippen molar-refractivity contribution < 1.29 is 18.0 Å². The molecule has 0 unspecified atom stereocenters. The Morgan fingerprint density at radius 2 is 2.04 bits per heavy atom. The van der Waals surface area contributed by atoms with E-state index in [1.807, 2.05) is 0 Å². The van der Waals surface area contributed by atoms with Gasteiger partial charge in [-0.1, -0.05) is 6.42 Å². The Hall–Kier alpha value is -2.09. The molecule has 0 aliphatic carbocycles. The molecule has 2 aliphatic heterocycles. The number of benzene rings is 1. The van der Waals surface area contributed by atoms with Crippen LogP contribution in [0.1, 0.15) is 48.3 Å². The number of nitrogens with one attached hydrogen (secondary N) is 2. The predicted octanol–water partition coefficient (Wildman–Crippen LogP) is 3.58. The van der Waals surface area contributed by atoms with Gasteiger partial charge < -0.3 is 15.2 Å². The topological polar surface area (TPSA) is 61.0 Å². The lowest BCUT2D eigenvalue weighted by Crippen LogP contribution is -2.51. The Morgan fingerprint density at radius 3 is 2.85 bits per heavy atom. The summed E-state index contributed by atoms with van der Waals surface area (Å²) in [5, 5.41) is 2.98. The highest BCUT2D eigenvalue weighted by Gasteiger charge is 2.35. The number of hydrogen-bond donors (Lipinski definition) is 2. The van der Waals surface area contributed by atoms with Gasteiger partial charge in [-0.05, 0) is 62.9 Å². The standard InChI is InChI=1S/C19H23F3N4O/c20-19(21,22)18-24-14-7-6-12(10-15(14)25-18)17(27)23-11-13-4-3-9-26-8-2-1-5-16(13)26/h6-7,10,13,16H,1-5,8-9,11H2,(H,23,27)(H,24,25)/t13-,16-/m1/s1. The summed E-state index contributed by atoms with van der Waals surface area (Å²) in [6.07, 6.45) is 1.39. The molecule has 1 amide bonds. The van der Waals surface area contributed by atoms with Crippen molar-refractivity contribution in [2.75, 3.05) is 19.6 Å². The van der Waals surface area contributed by atoms with Crippen LogP contribution in [0.15, 0.2) is 18.2 Å². The second-order valence-corrected chi connectivity index (χ2v) is 7.53. The first-order valence-electron chi connectivity index (χ1n) is 9.51. The molecule has 27 heavy (non-hydrogen) atoms. The van der Waals surface area contributed by atoms with Crippen molar-refractivity contribution >= 4 is 16.9 Å². The summed E-state index contributed by atoms with van der Waals surface area (Å²) in [7, 11) is 0. The molecule has 2 saturated heterocycles. The van der Waals surface area contributed by atoms with Crippen molar-refractivity contribution in [3.05, 3.63) is 29.6 Å². The quantitative estimate of drug-likeness (QED) is 0.856. The number of carbonyl (C=O) groups is 1. The van der Waals surface area contributed by atoms with Crippen LogP contribution in [0.4, 0.5) is 13.2 Å². The van der Waals surface area contributed by atoms with Gasteiger partial charge >= 0.3 is 6.18 Å². The lowest BCUT2D eigenvalue weighted by molar-refractivity contribution is -0.144. The van der Waals surface area contributed by atoms with Gasteiger partial charge in [0.15, 0.2) is 0 Å². The van der Waals surface area contributed by atoms with Crippen molar-refractivity contribution in [1.29, 1.82) is 0 Å². The molecule has 1 aromatic carbocycles. The fourth-order valence-electron chi connectivity index (χ4n) is 4.43. The van der Waals surface area contributed by atoms with Crippen molar-refractivity contribution in [2.24, 2.45) is 5.92 Å². The maximum atomic E-state index is 12.8. The van der Waals surface area contributed by atoms with Gasteiger partial charge in [-0.25, -0.2) is 4.98 Å². The van der Waals surface area contributed by atoms with Crippen LogP contribution >= 0.6 is 0 Å². The molecular formula is C19H23F3N4O. The Bertz CT molecular complexity index is 830. The summed E-state index contributed by atoms with van der Waals surface area (Å²) >= 11 is 0. The van der Waals surface area contributed by atoms with E-state index < -0.39 is 12.0 Å². The lowest BCUT2D eigenvalue weighted by atomic mass is 9.83. The Labute approximate surface area is 155 Å². The number of piperidine rings is 2. The molecule has 0 bridgehead atoms. The molecule has 1 aromatic heterocycles. The zero-order chi connectivity index (χ0) is 19.0. The van der Waals surface area contributed by atoms with Crippen molar-refractivity contribution in [1.82, 2.24) is 20.2 Å². The number of rotatable bonds is 3. The molecule has 8 heteroatoms. The van der Waals surface area contributed by atoms with Crippen molar-refractivity contribution in [3.63, 3.8) is 0 Å². The molecule has 0 saturated carbocycles. The van der Waals surface area contributed by atoms with E-state index >= 15 is 0 Å². The number of alkyl halides is 3. The highest BCUT2D eigenvalue weighted by Crippen LogP contribution is 2.31. The summed E-state index contributed by atoms with van der Waals surface area (Å²) in [6.45, 7) is 2.90. The van der Waals surface area contributed by atoms with Gasteiger partial charge in [0, 0.05) is 18.2 Å². The number of halogens is 3. The van der Waals surface area contributed by atoms with Crippen LogP contribution in [0.25, 0.3) is 11.0 Å². The molecule has 3 heterocycles. The number of fused-ring (bicyclic) bond motifs is 2. The molecule has 2 N–H and O–H groups in total. The number of imidazole rings is 1. The van der Waals surface area contributed by atoms with Crippen LogP contribution in [0.5, 0.6) is 0 Å². The maximum Gasteiger partial charge on any atom is 0.449 e. The minimum Gasteiger partial charge on any atom is -0.352 e. The second kappa shape index (κ2) is 7.14. The second-order valence-electron chi connectivity index (χ2n) is 7.53. The average molecular weight is 380 g/mol. The molecule has 146 valence electrons. The first kappa shape index (κ1) is 18.3. The monoisotopic (exact) mass is 380 g/mol. The van der Waals surface area contributed by atoms with Crippen LogP contribution in [0.3, 0.4) is 0 Å². The molecule has 4 rings (SSSR count). The van der Waals surface area contributed by atoms with Crippen LogP contribution in [-0.4, -0.2) is 46.5 Å². The summed E-state index contributed by atoms with van der Waals surface area (Å²) in [4.78, 5) is 20.8. The summed E-state index contributed by atoms with van der Waals surface area (Å²) in [5.74, 6) is -0.863. The SMILES string of the molecule is O=C(NC[C@H]1CCCN2CCCC[C@H]12)c1ccc2nc(C(F)(F)F)[nH]c2c1. The highest BCUT2D eigenvalue weighted by molar-refractivity contribution is 5.97. The molecule has 0 spiro atoms. The van der Waals surface area contributed by atoms with Crippen LogP contribution < -0.4 is 5.32 Å². The summed E-state index contributed by atoms with van der Waals surface area (Å²) < 4.78 is 38.3. The zero-order valence-corrected chi connectivity index (χ0v) is 15.0. The molecule has 2 atom stereocenters. The van der Waals surface area contributed by atoms with Gasteiger partial charge in [-0.2, -0.15) is 13.2 Å². The molecule has 5 nitrogen and oxygen atoms in total. The maximum absolute atomic E-state index is 12.8. The van der Waals surface area contributed by atoms with Gasteiger partial charge in [0.1, 0.15) is 0 Å². The van der Waals surface area contributed by atoms with E-state index in [2.05, 4.69) is 20.2 Å². The molecular weight excluding hydrogens is 357 g/mol. The zero-order valence-electron chi connectivity index (χ0n) is 15.0. The average Bonchev–Trinajstić information content (AvgIpc) is 3.10. The first-order valence-corrected chi connectivity index (χ1v) is 9.51. The smallest absolute Gasteiger partial charge is 0.352 e. The van der Waals surface area contributed by atoms with E-state index in [9.17, 15) is 18.0 Å². The van der Waals surface area contributed by atoms with Gasteiger partial charge in [0.05, 0.1) is 11.0 Å². The molecule has 2 aromatic rings. The Balaban J connectivity index is 1.43. The predicted molar refractivity (Wildman–Crippen MR) is 95.4 cm³/mol. The van der Waals surface area contributed by atoms with Gasteiger partial charge in [0.2, 0.25) is 5.82 Å². The molecule has 2 fully saturated rings. The van der Waals surface area contributed by atoms with Crippen LogP contribution in [-0.2, 0) is 6.18 Å². The number of aromatic amines is 1. The molecule has 0 radical (unpaired) electrons. The minimum atomic E-state index is -4.53. The summed E-state index contributed by atoms with van der Waals surface area (Å²) in [5.41, 5.74) is 0.756. The molecule has 2 aliphatic rings. The van der Waals surface area contributed by atoms with E-state index in [-0.39, 0.29) is 16.9 Å². The lowest BCUT2D eigenvalue weighted by Gasteiger charge is -2.44. The van der Waals surface area contributed by atoms with Crippen LogP contribution in [0.2, 0.25) is 0 Å². The minimum absolute atomic E-state index is 0.198. The van der Waals surface area contributed by atoms with E-state index in [0.29, 0.717) is 24.1 Å². The fraction of sp³-hybridized carbons (Fsp3) is 0.579. The third-order valence-corrected chi connectivity index (χ3v) is 5.77. The van der Waals surface area contributed by atoms with E-state index in [1.54, 1.807) is 0 Å². The Kier molecular flexibility index (Phi) is 4.84. The summed E-state index contributed by atoms with van der Waals surface area (Å²) in [6, 6.07) is 4.93. The van der Waals surface area contributed by atoms with Gasteiger partial charge in [0.25, 0.3) is 5.91 Å². The van der Waals surface area contributed by atoms with Crippen LogP contribution in [0, 0.1) is 5.92 Å². The third kappa shape index (κ3) is 3.81. The normalized spacial score (nSPS) is 24.0. The third-order valence-electron chi connectivity index (χ3n) is 5.77. The fourth-order valence-corrected chi connectivity index (χ4v) is 4.43. The van der Waals surface area contributed by atoms with Crippen molar-refractivity contribution in [2.45, 2.75) is 44.3 Å². The number of nitrogens with zero attached hydrogens (tertiary/aromatic N) is 2. The van der Waals surface area contributed by atoms with Crippen molar-refractivity contribution in [3.8, 4) is 0 Å². The number of amides is 1. The number of H-pyrrole nitrogens is 1. The van der Waals surface area contributed by atoms with E-state index in [1.165, 1.54) is 37.5 Å². The first-order chi connectivity index (χ1) is 12.9. The number of hydrogen-bond acceptors (Lipinski definition) is 3. The highest BCUT2D eigenvalue weighted by atomic mass is 19.4. The van der Waals surface area contributed by atoms with Gasteiger partial charge in [-0.15, -0.1) is 0 Å². The largest absolute Gasteiger partial charge is 0.449 e. The number of carbonyl (C=O) groups excluding carboxylic acids is 1. The Morgan fingerprint density at radius 1 is 1.22 bits per heavy atom. The number of aromatic nitrogens is 2.